The highest BCUT2D eigenvalue weighted by Crippen LogP contribution is 2.11. The highest BCUT2D eigenvalue weighted by molar-refractivity contribution is 5.77. The van der Waals surface area contributed by atoms with E-state index in [0.717, 1.165) is 24.8 Å². The van der Waals surface area contributed by atoms with Crippen LogP contribution in [0.25, 0.3) is 0 Å². The minimum absolute atomic E-state index is 0.0423. The number of hydrogen-bond donors (Lipinski definition) is 2. The van der Waals surface area contributed by atoms with E-state index in [-0.39, 0.29) is 23.8 Å². The maximum absolute atomic E-state index is 12.8. The van der Waals surface area contributed by atoms with Gasteiger partial charge in [0.1, 0.15) is 5.82 Å². The van der Waals surface area contributed by atoms with Gasteiger partial charge in [-0.25, -0.2) is 9.18 Å². The molecule has 1 unspecified atom stereocenters. The molecule has 0 aliphatic carbocycles. The third kappa shape index (κ3) is 5.83. The molecule has 1 aromatic carbocycles. The summed E-state index contributed by atoms with van der Waals surface area (Å²) in [5.74, 6) is -0.201. The zero-order valence-corrected chi connectivity index (χ0v) is 14.2. The van der Waals surface area contributed by atoms with E-state index < -0.39 is 0 Å². The van der Waals surface area contributed by atoms with Crippen molar-refractivity contribution in [2.45, 2.75) is 45.1 Å². The first kappa shape index (κ1) is 18.2. The minimum Gasteiger partial charge on any atom is -0.352 e. The molecule has 1 atom stereocenters. The molecule has 0 bridgehead atoms. The fourth-order valence-electron chi connectivity index (χ4n) is 2.88. The highest BCUT2D eigenvalue weighted by atomic mass is 19.1. The van der Waals surface area contributed by atoms with E-state index in [1.165, 1.54) is 12.1 Å². The molecule has 1 fully saturated rings. The number of nitrogens with zero attached hydrogens (tertiary/aromatic N) is 1. The molecular weight excluding hydrogens is 309 g/mol. The maximum atomic E-state index is 12.8. The number of rotatable bonds is 6. The summed E-state index contributed by atoms with van der Waals surface area (Å²) in [6, 6.07) is 6.23. The Morgan fingerprint density at radius 3 is 2.75 bits per heavy atom. The lowest BCUT2D eigenvalue weighted by Crippen LogP contribution is -2.52. The Morgan fingerprint density at radius 2 is 2.04 bits per heavy atom. The largest absolute Gasteiger partial charge is 0.352 e. The van der Waals surface area contributed by atoms with Crippen molar-refractivity contribution in [3.05, 3.63) is 35.6 Å². The summed E-state index contributed by atoms with van der Waals surface area (Å²) in [4.78, 5) is 25.7. The van der Waals surface area contributed by atoms with E-state index in [0.29, 0.717) is 32.5 Å². The number of halogens is 1. The highest BCUT2D eigenvalue weighted by Gasteiger charge is 2.24. The number of piperidine rings is 1. The first-order valence-corrected chi connectivity index (χ1v) is 8.65. The summed E-state index contributed by atoms with van der Waals surface area (Å²) < 4.78 is 12.8. The van der Waals surface area contributed by atoms with Crippen LogP contribution in [0.15, 0.2) is 24.3 Å². The van der Waals surface area contributed by atoms with Crippen molar-refractivity contribution in [3.63, 3.8) is 0 Å². The molecule has 0 saturated carbocycles. The molecule has 1 aromatic rings. The third-order valence-corrected chi connectivity index (χ3v) is 4.15. The summed E-state index contributed by atoms with van der Waals surface area (Å²) in [6.45, 7) is 3.75. The first-order valence-electron chi connectivity index (χ1n) is 8.65. The lowest BCUT2D eigenvalue weighted by molar-refractivity contribution is -0.122. The van der Waals surface area contributed by atoms with Crippen molar-refractivity contribution < 1.29 is 14.0 Å². The maximum Gasteiger partial charge on any atom is 0.317 e. The molecule has 3 amide bonds. The predicted octanol–water partition coefficient (Wildman–Crippen LogP) is 2.46. The molecule has 2 rings (SSSR count). The van der Waals surface area contributed by atoms with Gasteiger partial charge >= 0.3 is 6.03 Å². The molecule has 24 heavy (non-hydrogen) atoms. The molecule has 5 nitrogen and oxygen atoms in total. The van der Waals surface area contributed by atoms with Gasteiger partial charge in [0.2, 0.25) is 5.91 Å². The summed E-state index contributed by atoms with van der Waals surface area (Å²) in [5, 5.41) is 5.89. The lowest BCUT2D eigenvalue weighted by Gasteiger charge is -2.33. The van der Waals surface area contributed by atoms with Gasteiger partial charge in [-0.2, -0.15) is 0 Å². The van der Waals surface area contributed by atoms with E-state index in [4.69, 9.17) is 0 Å². The Hall–Kier alpha value is -2.11. The van der Waals surface area contributed by atoms with Gasteiger partial charge in [0.25, 0.3) is 0 Å². The number of urea groups is 1. The molecule has 1 heterocycles. The summed E-state index contributed by atoms with van der Waals surface area (Å²) >= 11 is 0. The molecule has 132 valence electrons. The van der Waals surface area contributed by atoms with E-state index in [1.807, 2.05) is 6.92 Å². The molecule has 0 spiro atoms. The van der Waals surface area contributed by atoms with Crippen LogP contribution in [0, 0.1) is 5.82 Å². The molecule has 0 radical (unpaired) electrons. The van der Waals surface area contributed by atoms with Crippen molar-refractivity contribution >= 4 is 11.9 Å². The van der Waals surface area contributed by atoms with Gasteiger partial charge in [-0.1, -0.05) is 19.1 Å². The molecule has 1 saturated heterocycles. The average Bonchev–Trinajstić information content (AvgIpc) is 2.57. The zero-order chi connectivity index (χ0) is 17.4. The summed E-state index contributed by atoms with van der Waals surface area (Å²) in [5.41, 5.74) is 0.986. The zero-order valence-electron chi connectivity index (χ0n) is 14.2. The molecular formula is C18H26FN3O2. The molecule has 2 N–H and O–H groups in total. The van der Waals surface area contributed by atoms with E-state index in [9.17, 15) is 14.0 Å². The van der Waals surface area contributed by atoms with Crippen LogP contribution < -0.4 is 10.6 Å². The average molecular weight is 335 g/mol. The Labute approximate surface area is 142 Å². The van der Waals surface area contributed by atoms with Gasteiger partial charge in [-0.05, 0) is 43.4 Å². The summed E-state index contributed by atoms with van der Waals surface area (Å²) in [7, 11) is 0. The quantitative estimate of drug-likeness (QED) is 0.839. The second kappa shape index (κ2) is 9.25. The number of likely N-dealkylation sites (tertiary alicyclic amines) is 1. The third-order valence-electron chi connectivity index (χ3n) is 4.15. The van der Waals surface area contributed by atoms with Crippen LogP contribution in [0.4, 0.5) is 9.18 Å². The van der Waals surface area contributed by atoms with Gasteiger partial charge in [-0.3, -0.25) is 4.79 Å². The fourth-order valence-corrected chi connectivity index (χ4v) is 2.88. The van der Waals surface area contributed by atoms with E-state index >= 15 is 0 Å². The number of nitrogens with one attached hydrogen (secondary N) is 2. The first-order chi connectivity index (χ1) is 11.6. The minimum atomic E-state index is -0.257. The molecule has 1 aliphatic heterocycles. The van der Waals surface area contributed by atoms with Crippen molar-refractivity contribution in [3.8, 4) is 0 Å². The molecule has 1 aliphatic rings. The van der Waals surface area contributed by atoms with Crippen molar-refractivity contribution in [2.24, 2.45) is 0 Å². The van der Waals surface area contributed by atoms with Crippen LogP contribution in [0.3, 0.4) is 0 Å². The van der Waals surface area contributed by atoms with Crippen molar-refractivity contribution in [2.75, 3.05) is 19.6 Å². The van der Waals surface area contributed by atoms with Crippen LogP contribution in [-0.2, 0) is 11.2 Å². The number of carbonyl (C=O) groups excluding carboxylic acids is 2. The smallest absolute Gasteiger partial charge is 0.317 e. The van der Waals surface area contributed by atoms with E-state index in [2.05, 4.69) is 10.6 Å². The van der Waals surface area contributed by atoms with E-state index in [1.54, 1.807) is 17.0 Å². The van der Waals surface area contributed by atoms with Gasteiger partial charge in [0.15, 0.2) is 0 Å². The van der Waals surface area contributed by atoms with Crippen molar-refractivity contribution in [1.29, 1.82) is 0 Å². The topological polar surface area (TPSA) is 61.4 Å². The number of carbonyl (C=O) groups is 2. The van der Waals surface area contributed by atoms with Crippen LogP contribution in [0.1, 0.15) is 38.2 Å². The second-order valence-electron chi connectivity index (χ2n) is 6.21. The van der Waals surface area contributed by atoms with Crippen LogP contribution in [0.5, 0.6) is 0 Å². The number of benzene rings is 1. The van der Waals surface area contributed by atoms with Crippen LogP contribution in [0.2, 0.25) is 0 Å². The van der Waals surface area contributed by atoms with Gasteiger partial charge in [0, 0.05) is 32.1 Å². The molecule has 0 aromatic heterocycles. The van der Waals surface area contributed by atoms with Gasteiger partial charge < -0.3 is 15.5 Å². The Kier molecular flexibility index (Phi) is 7.03. The fraction of sp³-hybridized carbons (Fsp3) is 0.556. The number of hydrogen-bond acceptors (Lipinski definition) is 2. The summed E-state index contributed by atoms with van der Waals surface area (Å²) in [6.07, 6.45) is 3.82. The van der Waals surface area contributed by atoms with Crippen LogP contribution in [-0.4, -0.2) is 42.5 Å². The SMILES string of the molecule is CCCC(=O)NC1CCCN(C(=O)NCCc2ccc(F)cc2)C1. The number of amides is 3. The Bertz CT molecular complexity index is 548. The monoisotopic (exact) mass is 335 g/mol. The second-order valence-corrected chi connectivity index (χ2v) is 6.21. The molecule has 6 heteroatoms. The van der Waals surface area contributed by atoms with Crippen LogP contribution >= 0.6 is 0 Å². The normalized spacial score (nSPS) is 17.4. The Morgan fingerprint density at radius 1 is 1.29 bits per heavy atom. The predicted molar refractivity (Wildman–Crippen MR) is 91.1 cm³/mol. The Balaban J connectivity index is 1.73. The van der Waals surface area contributed by atoms with Gasteiger partial charge in [-0.15, -0.1) is 0 Å². The lowest BCUT2D eigenvalue weighted by atomic mass is 10.1. The van der Waals surface area contributed by atoms with Gasteiger partial charge in [0.05, 0.1) is 0 Å². The van der Waals surface area contributed by atoms with Crippen molar-refractivity contribution in [1.82, 2.24) is 15.5 Å². The standard InChI is InChI=1S/C18H26FN3O2/c1-2-4-17(23)21-16-5-3-12-22(13-16)18(24)20-11-10-14-6-8-15(19)9-7-14/h6-9,16H,2-5,10-13H2,1H3,(H,20,24)(H,21,23).